The third-order valence-electron chi connectivity index (χ3n) is 5.22. The molecule has 0 radical (unpaired) electrons. The highest BCUT2D eigenvalue weighted by Gasteiger charge is 2.34. The molecule has 3 aromatic carbocycles. The first-order valence-electron chi connectivity index (χ1n) is 8.19. The van der Waals surface area contributed by atoms with Gasteiger partial charge in [0.25, 0.3) is 5.91 Å². The predicted octanol–water partition coefficient (Wildman–Crippen LogP) is 3.69. The standard InChI is InChI=1S/C20H13N3O2/c24-19-15-13-9-5-1-3-7-11(9)21-17(13)18-14(16(15)20(25)23-19)10-6-2-4-8-12(10)22-18/h1-8,19,21-22,24H,(H,23,25)/t19-/m0/s1. The molecule has 5 nitrogen and oxygen atoms in total. The predicted molar refractivity (Wildman–Crippen MR) is 97.6 cm³/mol. The molecule has 1 amide bonds. The first-order valence-corrected chi connectivity index (χ1v) is 8.19. The summed E-state index contributed by atoms with van der Waals surface area (Å²) in [7, 11) is 0. The normalized spacial score (nSPS) is 17.0. The molecular weight excluding hydrogens is 314 g/mol. The maximum atomic E-state index is 12.6. The molecule has 0 aliphatic carbocycles. The number of H-pyrrole nitrogens is 2. The Morgan fingerprint density at radius 1 is 0.800 bits per heavy atom. The molecule has 0 saturated heterocycles. The second-order valence-corrected chi connectivity index (χ2v) is 6.51. The molecule has 5 aromatic rings. The van der Waals surface area contributed by atoms with E-state index in [0.29, 0.717) is 11.1 Å². The fraction of sp³-hybridized carbons (Fsp3) is 0.0500. The molecular formula is C20H13N3O2. The number of rotatable bonds is 0. The number of aromatic nitrogens is 2. The second-order valence-electron chi connectivity index (χ2n) is 6.51. The zero-order chi connectivity index (χ0) is 16.7. The Morgan fingerprint density at radius 2 is 1.36 bits per heavy atom. The van der Waals surface area contributed by atoms with E-state index in [1.165, 1.54) is 0 Å². The first kappa shape index (κ1) is 13.0. The van der Waals surface area contributed by atoms with Crippen LogP contribution >= 0.6 is 0 Å². The summed E-state index contributed by atoms with van der Waals surface area (Å²) in [5, 5.41) is 17.0. The zero-order valence-corrected chi connectivity index (χ0v) is 13.1. The van der Waals surface area contributed by atoms with E-state index in [1.807, 2.05) is 48.5 Å². The number of amides is 1. The molecule has 0 spiro atoms. The molecule has 0 fully saturated rings. The number of aliphatic hydroxyl groups excluding tert-OH is 1. The number of fused-ring (bicyclic) bond motifs is 10. The molecule has 0 saturated carbocycles. The number of hydrogen-bond donors (Lipinski definition) is 4. The Labute approximate surface area is 141 Å². The van der Waals surface area contributed by atoms with Crippen molar-refractivity contribution in [2.75, 3.05) is 0 Å². The summed E-state index contributed by atoms with van der Waals surface area (Å²) in [5.74, 6) is -0.232. The van der Waals surface area contributed by atoms with Crippen LogP contribution in [0.3, 0.4) is 0 Å². The van der Waals surface area contributed by atoms with Gasteiger partial charge in [-0.15, -0.1) is 0 Å². The molecule has 2 aromatic heterocycles. The van der Waals surface area contributed by atoms with Crippen LogP contribution in [0.1, 0.15) is 22.1 Å². The Bertz CT molecular complexity index is 1360. The third-order valence-corrected chi connectivity index (χ3v) is 5.22. The van der Waals surface area contributed by atoms with E-state index in [9.17, 15) is 9.90 Å². The summed E-state index contributed by atoms with van der Waals surface area (Å²) < 4.78 is 0. The average Bonchev–Trinajstić information content (AvgIpc) is 3.26. The van der Waals surface area contributed by atoms with Crippen LogP contribution in [0.4, 0.5) is 0 Å². The Morgan fingerprint density at radius 3 is 2.04 bits per heavy atom. The van der Waals surface area contributed by atoms with Crippen LogP contribution in [-0.2, 0) is 0 Å². The van der Waals surface area contributed by atoms with Gasteiger partial charge in [-0.05, 0) is 12.1 Å². The van der Waals surface area contributed by atoms with Gasteiger partial charge in [-0.2, -0.15) is 0 Å². The Hall–Kier alpha value is -3.31. The minimum Gasteiger partial charge on any atom is -0.369 e. The number of aromatic amines is 2. The molecule has 0 bridgehead atoms. The summed E-state index contributed by atoms with van der Waals surface area (Å²) in [4.78, 5) is 19.6. The molecule has 0 unspecified atom stereocenters. The summed E-state index contributed by atoms with van der Waals surface area (Å²) in [5.41, 5.74) is 5.00. The number of nitrogens with one attached hydrogen (secondary N) is 3. The Balaban J connectivity index is 2.02. The lowest BCUT2D eigenvalue weighted by atomic mass is 9.96. The van der Waals surface area contributed by atoms with Crippen LogP contribution < -0.4 is 5.32 Å². The number of para-hydroxylation sites is 2. The SMILES string of the molecule is O=C1N[C@@H](O)c2c1c1c3ccccc3[nH]c1c1[nH]c3ccccc3c21. The smallest absolute Gasteiger partial charge is 0.254 e. The van der Waals surface area contributed by atoms with Crippen LogP contribution in [0.15, 0.2) is 48.5 Å². The molecule has 25 heavy (non-hydrogen) atoms. The van der Waals surface area contributed by atoms with Crippen molar-refractivity contribution in [3.8, 4) is 0 Å². The first-order chi connectivity index (χ1) is 12.2. The number of carbonyl (C=O) groups is 1. The lowest BCUT2D eigenvalue weighted by Crippen LogP contribution is -2.18. The van der Waals surface area contributed by atoms with Crippen LogP contribution in [0.5, 0.6) is 0 Å². The van der Waals surface area contributed by atoms with Gasteiger partial charge in [0.05, 0.1) is 16.6 Å². The van der Waals surface area contributed by atoms with Gasteiger partial charge in [0.15, 0.2) is 6.23 Å². The van der Waals surface area contributed by atoms with Crippen molar-refractivity contribution in [2.24, 2.45) is 0 Å². The zero-order valence-electron chi connectivity index (χ0n) is 13.1. The van der Waals surface area contributed by atoms with Gasteiger partial charge in [0.2, 0.25) is 0 Å². The van der Waals surface area contributed by atoms with Crippen molar-refractivity contribution in [3.05, 3.63) is 59.7 Å². The monoisotopic (exact) mass is 327 g/mol. The quantitative estimate of drug-likeness (QED) is 0.350. The lowest BCUT2D eigenvalue weighted by molar-refractivity contribution is 0.0853. The maximum Gasteiger partial charge on any atom is 0.254 e. The van der Waals surface area contributed by atoms with E-state index in [-0.39, 0.29) is 5.91 Å². The van der Waals surface area contributed by atoms with Gasteiger partial charge in [0.1, 0.15) is 0 Å². The van der Waals surface area contributed by atoms with Crippen molar-refractivity contribution in [1.82, 2.24) is 15.3 Å². The van der Waals surface area contributed by atoms with Gasteiger partial charge >= 0.3 is 0 Å². The largest absolute Gasteiger partial charge is 0.369 e. The minimum atomic E-state index is -0.998. The molecule has 1 aliphatic rings. The summed E-state index contributed by atoms with van der Waals surface area (Å²) >= 11 is 0. The van der Waals surface area contributed by atoms with E-state index in [1.54, 1.807) is 0 Å². The van der Waals surface area contributed by atoms with Crippen molar-refractivity contribution >= 4 is 49.5 Å². The highest BCUT2D eigenvalue weighted by Crippen LogP contribution is 2.44. The van der Waals surface area contributed by atoms with E-state index >= 15 is 0 Å². The lowest BCUT2D eigenvalue weighted by Gasteiger charge is -2.07. The second kappa shape index (κ2) is 4.20. The number of carbonyl (C=O) groups excluding carboxylic acids is 1. The maximum absolute atomic E-state index is 12.6. The highest BCUT2D eigenvalue weighted by molar-refractivity contribution is 6.30. The third kappa shape index (κ3) is 1.45. The average molecular weight is 327 g/mol. The molecule has 3 heterocycles. The summed E-state index contributed by atoms with van der Waals surface area (Å²) in [6.45, 7) is 0. The van der Waals surface area contributed by atoms with Gasteiger partial charge in [-0.25, -0.2) is 0 Å². The van der Waals surface area contributed by atoms with Crippen LogP contribution in [0.25, 0.3) is 43.6 Å². The number of hydrogen-bond acceptors (Lipinski definition) is 2. The molecule has 4 N–H and O–H groups in total. The fourth-order valence-corrected chi connectivity index (χ4v) is 4.24. The highest BCUT2D eigenvalue weighted by atomic mass is 16.3. The van der Waals surface area contributed by atoms with Crippen molar-refractivity contribution in [2.45, 2.75) is 6.23 Å². The summed E-state index contributed by atoms with van der Waals surface area (Å²) in [6.07, 6.45) is -0.998. The van der Waals surface area contributed by atoms with E-state index < -0.39 is 6.23 Å². The summed E-state index contributed by atoms with van der Waals surface area (Å²) in [6, 6.07) is 15.9. The molecule has 5 heteroatoms. The van der Waals surface area contributed by atoms with Crippen LogP contribution in [0.2, 0.25) is 0 Å². The van der Waals surface area contributed by atoms with E-state index in [4.69, 9.17) is 0 Å². The van der Waals surface area contributed by atoms with Gasteiger partial charge < -0.3 is 20.4 Å². The van der Waals surface area contributed by atoms with E-state index in [0.717, 1.165) is 43.6 Å². The van der Waals surface area contributed by atoms with Crippen molar-refractivity contribution < 1.29 is 9.90 Å². The van der Waals surface area contributed by atoms with Gasteiger partial charge in [-0.3, -0.25) is 4.79 Å². The van der Waals surface area contributed by atoms with Crippen LogP contribution in [-0.4, -0.2) is 21.0 Å². The number of benzene rings is 3. The van der Waals surface area contributed by atoms with Crippen molar-refractivity contribution in [1.29, 1.82) is 0 Å². The molecule has 1 aliphatic heterocycles. The number of aliphatic hydroxyl groups is 1. The minimum absolute atomic E-state index is 0.232. The molecule has 1 atom stereocenters. The molecule has 6 rings (SSSR count). The van der Waals surface area contributed by atoms with Gasteiger partial charge in [-0.1, -0.05) is 36.4 Å². The topological polar surface area (TPSA) is 80.9 Å². The van der Waals surface area contributed by atoms with Gasteiger partial charge in [0, 0.05) is 38.1 Å². The van der Waals surface area contributed by atoms with Crippen molar-refractivity contribution in [3.63, 3.8) is 0 Å². The van der Waals surface area contributed by atoms with Crippen LogP contribution in [0, 0.1) is 0 Å². The molecule has 120 valence electrons. The fourth-order valence-electron chi connectivity index (χ4n) is 4.24. The Kier molecular flexibility index (Phi) is 2.19. The van der Waals surface area contributed by atoms with E-state index in [2.05, 4.69) is 15.3 Å².